The van der Waals surface area contributed by atoms with Gasteiger partial charge >= 0.3 is 0 Å². The van der Waals surface area contributed by atoms with Gasteiger partial charge in [-0.3, -0.25) is 4.79 Å². The summed E-state index contributed by atoms with van der Waals surface area (Å²) < 4.78 is 2.13. The quantitative estimate of drug-likeness (QED) is 0.662. The Bertz CT molecular complexity index is 865. The van der Waals surface area contributed by atoms with E-state index in [-0.39, 0.29) is 17.5 Å². The molecule has 0 spiro atoms. The first kappa shape index (κ1) is 19.3. The smallest absolute Gasteiger partial charge is 0.262 e. The molecule has 1 aromatic heterocycles. The summed E-state index contributed by atoms with van der Waals surface area (Å²) in [5.41, 5.74) is 5.21. The molecule has 2 rings (SSSR count). The van der Waals surface area contributed by atoms with Gasteiger partial charge in [0.05, 0.1) is 0 Å². The highest BCUT2D eigenvalue weighted by Crippen LogP contribution is 2.24. The highest BCUT2D eigenvalue weighted by molar-refractivity contribution is 6.02. The van der Waals surface area contributed by atoms with Crippen molar-refractivity contribution in [3.63, 3.8) is 0 Å². The molecule has 5 nitrogen and oxygen atoms in total. The maximum Gasteiger partial charge on any atom is 0.262 e. The second-order valence-electron chi connectivity index (χ2n) is 6.87. The molecule has 0 unspecified atom stereocenters. The van der Waals surface area contributed by atoms with Crippen LogP contribution in [-0.4, -0.2) is 30.6 Å². The number of rotatable bonds is 5. The van der Waals surface area contributed by atoms with Gasteiger partial charge in [-0.05, 0) is 69.7 Å². The van der Waals surface area contributed by atoms with Crippen molar-refractivity contribution < 1.29 is 4.79 Å². The zero-order chi connectivity index (χ0) is 19.4. The number of carbonyl (C=O) groups is 1. The highest BCUT2D eigenvalue weighted by atomic mass is 16.1. The van der Waals surface area contributed by atoms with Crippen LogP contribution in [-0.2, 0) is 4.79 Å². The fraction of sp³-hybridized carbons (Fsp3) is 0.333. The summed E-state index contributed by atoms with van der Waals surface area (Å²) in [6.07, 6.45) is 1.66. The van der Waals surface area contributed by atoms with Crippen molar-refractivity contribution in [2.45, 2.75) is 33.7 Å². The van der Waals surface area contributed by atoms with Crippen molar-refractivity contribution in [2.75, 3.05) is 19.0 Å². The average Bonchev–Trinajstić information content (AvgIpc) is 2.85. The molecule has 0 saturated heterocycles. The van der Waals surface area contributed by atoms with Crippen LogP contribution in [0.15, 0.2) is 35.9 Å². The van der Waals surface area contributed by atoms with E-state index in [0.717, 1.165) is 28.3 Å². The summed E-state index contributed by atoms with van der Waals surface area (Å²) in [6, 6.07) is 12.3. The van der Waals surface area contributed by atoms with Crippen molar-refractivity contribution in [2.24, 2.45) is 0 Å². The van der Waals surface area contributed by atoms with Crippen LogP contribution in [0.5, 0.6) is 0 Å². The van der Waals surface area contributed by atoms with E-state index in [4.69, 9.17) is 0 Å². The van der Waals surface area contributed by atoms with Crippen LogP contribution in [0.2, 0.25) is 0 Å². The Kier molecular flexibility index (Phi) is 5.89. The number of carbonyl (C=O) groups excluding carboxylic acids is 1. The van der Waals surface area contributed by atoms with Gasteiger partial charge in [-0.2, -0.15) is 5.26 Å². The molecular formula is C21H26N4O. The number of nitrogens with zero attached hydrogens (tertiary/aromatic N) is 3. The summed E-state index contributed by atoms with van der Waals surface area (Å²) in [4.78, 5) is 14.2. The first-order valence-electron chi connectivity index (χ1n) is 8.64. The molecule has 0 radical (unpaired) electrons. The van der Waals surface area contributed by atoms with Crippen LogP contribution in [0.4, 0.5) is 5.69 Å². The zero-order valence-electron chi connectivity index (χ0n) is 16.3. The lowest BCUT2D eigenvalue weighted by Gasteiger charge is -2.15. The summed E-state index contributed by atoms with van der Waals surface area (Å²) in [5, 5.41) is 12.1. The molecule has 0 saturated carbocycles. The molecule has 2 aromatic rings. The number of nitrogens with one attached hydrogen (secondary N) is 1. The van der Waals surface area contributed by atoms with Crippen LogP contribution in [0.3, 0.4) is 0 Å². The normalized spacial score (nSPS) is 11.4. The van der Waals surface area contributed by atoms with Crippen molar-refractivity contribution in [3.8, 4) is 11.8 Å². The van der Waals surface area contributed by atoms with E-state index in [1.807, 2.05) is 53.9 Å². The van der Waals surface area contributed by atoms with Gasteiger partial charge in [0.2, 0.25) is 0 Å². The molecule has 0 fully saturated rings. The summed E-state index contributed by atoms with van der Waals surface area (Å²) in [7, 11) is 4.02. The molecule has 136 valence electrons. The van der Waals surface area contributed by atoms with Gasteiger partial charge in [-0.1, -0.05) is 0 Å². The van der Waals surface area contributed by atoms with Crippen LogP contribution in [0, 0.1) is 25.2 Å². The second-order valence-corrected chi connectivity index (χ2v) is 6.87. The molecule has 0 atom stereocenters. The maximum atomic E-state index is 12.2. The lowest BCUT2D eigenvalue weighted by atomic mass is 10.1. The van der Waals surface area contributed by atoms with Gasteiger partial charge < -0.3 is 14.8 Å². The fourth-order valence-corrected chi connectivity index (χ4v) is 2.87. The van der Waals surface area contributed by atoms with Gasteiger partial charge in [0.1, 0.15) is 11.6 Å². The molecule has 0 aliphatic carbocycles. The van der Waals surface area contributed by atoms with E-state index in [0.29, 0.717) is 0 Å². The monoisotopic (exact) mass is 350 g/mol. The van der Waals surface area contributed by atoms with Crippen molar-refractivity contribution in [1.82, 2.24) is 9.88 Å². The largest absolute Gasteiger partial charge is 0.378 e. The van der Waals surface area contributed by atoms with E-state index in [2.05, 4.69) is 39.0 Å². The Balaban J connectivity index is 2.42. The summed E-state index contributed by atoms with van der Waals surface area (Å²) in [5.74, 6) is -0.345. The lowest BCUT2D eigenvalue weighted by Crippen LogP contribution is -2.30. The number of anilines is 1. The van der Waals surface area contributed by atoms with Crippen LogP contribution < -0.4 is 10.2 Å². The Morgan fingerprint density at radius 1 is 1.23 bits per heavy atom. The molecule has 1 N–H and O–H groups in total. The van der Waals surface area contributed by atoms with Crippen molar-refractivity contribution >= 4 is 17.7 Å². The highest BCUT2D eigenvalue weighted by Gasteiger charge is 2.14. The molecule has 0 aliphatic rings. The Morgan fingerprint density at radius 3 is 2.35 bits per heavy atom. The van der Waals surface area contributed by atoms with Gasteiger partial charge in [-0.25, -0.2) is 0 Å². The summed E-state index contributed by atoms with van der Waals surface area (Å²) >= 11 is 0. The predicted molar refractivity (Wildman–Crippen MR) is 106 cm³/mol. The number of aromatic nitrogens is 1. The average molecular weight is 350 g/mol. The topological polar surface area (TPSA) is 61.1 Å². The van der Waals surface area contributed by atoms with E-state index < -0.39 is 0 Å². The maximum absolute atomic E-state index is 12.2. The number of benzene rings is 1. The molecule has 0 bridgehead atoms. The molecule has 1 amide bonds. The SMILES string of the molecule is Cc1cc(/C=C(/C#N)C(=O)NC(C)C)c(C)n1-c1ccc(N(C)C)cc1. The number of nitriles is 1. The Labute approximate surface area is 155 Å². The van der Waals surface area contributed by atoms with Crippen molar-refractivity contribution in [1.29, 1.82) is 5.26 Å². The fourth-order valence-electron chi connectivity index (χ4n) is 2.87. The third kappa shape index (κ3) is 4.15. The van der Waals surface area contributed by atoms with Crippen LogP contribution in [0.1, 0.15) is 30.8 Å². The molecule has 1 aromatic carbocycles. The molecule has 0 aliphatic heterocycles. The van der Waals surface area contributed by atoms with Gasteiger partial charge in [0.15, 0.2) is 0 Å². The number of hydrogen-bond donors (Lipinski definition) is 1. The van der Waals surface area contributed by atoms with Crippen molar-refractivity contribution in [3.05, 3.63) is 52.9 Å². The van der Waals surface area contributed by atoms with E-state index in [9.17, 15) is 10.1 Å². The third-order valence-electron chi connectivity index (χ3n) is 4.18. The second kappa shape index (κ2) is 7.92. The molecule has 1 heterocycles. The van der Waals surface area contributed by atoms with Gasteiger partial charge in [0, 0.05) is 42.9 Å². The minimum absolute atomic E-state index is 0.0121. The first-order chi connectivity index (χ1) is 12.2. The molecule has 26 heavy (non-hydrogen) atoms. The van der Waals surface area contributed by atoms with Crippen LogP contribution in [0.25, 0.3) is 11.8 Å². The minimum atomic E-state index is -0.345. The molecular weight excluding hydrogens is 324 g/mol. The number of aryl methyl sites for hydroxylation is 1. The van der Waals surface area contributed by atoms with E-state index in [1.54, 1.807) is 6.08 Å². The first-order valence-corrected chi connectivity index (χ1v) is 8.64. The Hall–Kier alpha value is -3.00. The minimum Gasteiger partial charge on any atom is -0.378 e. The lowest BCUT2D eigenvalue weighted by molar-refractivity contribution is -0.117. The van der Waals surface area contributed by atoms with E-state index >= 15 is 0 Å². The van der Waals surface area contributed by atoms with Gasteiger partial charge in [-0.15, -0.1) is 0 Å². The van der Waals surface area contributed by atoms with Crippen LogP contribution >= 0.6 is 0 Å². The molecule has 5 heteroatoms. The zero-order valence-corrected chi connectivity index (χ0v) is 16.3. The third-order valence-corrected chi connectivity index (χ3v) is 4.18. The standard InChI is InChI=1S/C21H26N4O/c1-14(2)23-21(26)18(13-22)12-17-11-15(3)25(16(17)4)20-9-7-19(8-10-20)24(5)6/h7-12,14H,1-6H3,(H,23,26)/b18-12-. The van der Waals surface area contributed by atoms with E-state index in [1.165, 1.54) is 0 Å². The predicted octanol–water partition coefficient (Wildman–Crippen LogP) is 3.59. The summed E-state index contributed by atoms with van der Waals surface area (Å²) in [6.45, 7) is 7.75. The van der Waals surface area contributed by atoms with Gasteiger partial charge in [0.25, 0.3) is 5.91 Å². The number of hydrogen-bond acceptors (Lipinski definition) is 3. The number of amides is 1. The Morgan fingerprint density at radius 2 is 1.85 bits per heavy atom.